The first-order chi connectivity index (χ1) is 19.1. The Morgan fingerprint density at radius 2 is 1.85 bits per heavy atom. The van der Waals surface area contributed by atoms with E-state index in [0.29, 0.717) is 13.0 Å². The van der Waals surface area contributed by atoms with Gasteiger partial charge in [-0.1, -0.05) is 42.5 Å². The molecule has 0 radical (unpaired) electrons. The standard InChI is InChI=1S/C30H28F2N2O6/c1-17-12-19(21-5-3-2-4-18(21)8-10-33-27(36)16-35)6-7-20(17)24-15-34(29(38)39)11-9-30(24)23-14-26(32)25(31)13-22(23)28(37)40-30/h2-7,12-14,24,35H,8-11,15-16H2,1H3,(H,33,36)(H,38,39)/t24-,30+/m1/s1. The van der Waals surface area contributed by atoms with Gasteiger partial charge in [-0.05, 0) is 53.3 Å². The highest BCUT2D eigenvalue weighted by atomic mass is 19.2. The van der Waals surface area contributed by atoms with E-state index in [4.69, 9.17) is 9.84 Å². The van der Waals surface area contributed by atoms with E-state index in [1.807, 2.05) is 49.4 Å². The molecule has 5 rings (SSSR count). The summed E-state index contributed by atoms with van der Waals surface area (Å²) in [5.74, 6) is -4.13. The number of hydrogen-bond donors (Lipinski definition) is 3. The predicted molar refractivity (Wildman–Crippen MR) is 141 cm³/mol. The van der Waals surface area contributed by atoms with Crippen molar-refractivity contribution in [3.63, 3.8) is 0 Å². The molecule has 1 fully saturated rings. The third kappa shape index (κ3) is 4.79. The van der Waals surface area contributed by atoms with Crippen LogP contribution >= 0.6 is 0 Å². The third-order valence-electron chi connectivity index (χ3n) is 7.83. The number of hydrogen-bond acceptors (Lipinski definition) is 5. The minimum absolute atomic E-state index is 0.00236. The van der Waals surface area contributed by atoms with Crippen molar-refractivity contribution in [1.82, 2.24) is 10.2 Å². The lowest BCUT2D eigenvalue weighted by molar-refractivity contribution is -0.123. The van der Waals surface area contributed by atoms with E-state index >= 15 is 0 Å². The fraction of sp³-hybridized carbons (Fsp3) is 0.300. The second-order valence-electron chi connectivity index (χ2n) is 10.1. The highest BCUT2D eigenvalue weighted by molar-refractivity contribution is 5.95. The number of ether oxygens (including phenoxy) is 1. The zero-order valence-electron chi connectivity index (χ0n) is 21.7. The lowest BCUT2D eigenvalue weighted by Gasteiger charge is -2.44. The Morgan fingerprint density at radius 3 is 2.58 bits per heavy atom. The van der Waals surface area contributed by atoms with Gasteiger partial charge in [0, 0.05) is 37.5 Å². The molecule has 40 heavy (non-hydrogen) atoms. The molecular formula is C30H28F2N2O6. The second kappa shape index (κ2) is 10.7. The van der Waals surface area contributed by atoms with E-state index in [1.54, 1.807) is 0 Å². The number of fused-ring (bicyclic) bond motifs is 2. The molecule has 1 saturated heterocycles. The van der Waals surface area contributed by atoms with E-state index in [-0.39, 0.29) is 30.6 Å². The number of esters is 1. The Labute approximate surface area is 229 Å². The minimum atomic E-state index is -1.35. The van der Waals surface area contributed by atoms with Gasteiger partial charge in [0.05, 0.1) is 5.56 Å². The van der Waals surface area contributed by atoms with E-state index in [1.165, 1.54) is 4.90 Å². The molecule has 0 aromatic heterocycles. The fourth-order valence-corrected chi connectivity index (χ4v) is 5.89. The molecular weight excluding hydrogens is 522 g/mol. The smallest absolute Gasteiger partial charge is 0.407 e. The van der Waals surface area contributed by atoms with Crippen LogP contribution in [-0.4, -0.2) is 59.3 Å². The Morgan fingerprint density at radius 1 is 1.10 bits per heavy atom. The maximum atomic E-state index is 14.4. The number of carboxylic acid groups (broad SMARTS) is 1. The van der Waals surface area contributed by atoms with Gasteiger partial charge < -0.3 is 25.2 Å². The molecule has 3 aromatic carbocycles. The summed E-state index contributed by atoms with van der Waals surface area (Å²) < 4.78 is 34.3. The van der Waals surface area contributed by atoms with Gasteiger partial charge in [0.15, 0.2) is 11.6 Å². The van der Waals surface area contributed by atoms with Crippen LogP contribution in [0.1, 0.15) is 45.0 Å². The molecule has 0 saturated carbocycles. The summed E-state index contributed by atoms with van der Waals surface area (Å²) >= 11 is 0. The van der Waals surface area contributed by atoms with Gasteiger partial charge >= 0.3 is 12.1 Å². The van der Waals surface area contributed by atoms with Gasteiger partial charge in [0.2, 0.25) is 5.91 Å². The van der Waals surface area contributed by atoms with Crippen LogP contribution < -0.4 is 5.32 Å². The first-order valence-electron chi connectivity index (χ1n) is 12.9. The van der Waals surface area contributed by atoms with E-state index < -0.39 is 47.7 Å². The zero-order chi connectivity index (χ0) is 28.6. The second-order valence-corrected chi connectivity index (χ2v) is 10.1. The number of carbonyl (C=O) groups is 3. The van der Waals surface area contributed by atoms with Crippen molar-refractivity contribution in [2.45, 2.75) is 31.3 Å². The van der Waals surface area contributed by atoms with Crippen LogP contribution in [0, 0.1) is 18.6 Å². The number of nitrogens with one attached hydrogen (secondary N) is 1. The van der Waals surface area contributed by atoms with Crippen molar-refractivity contribution in [3.05, 3.63) is 94.0 Å². The number of benzene rings is 3. The number of aliphatic hydroxyl groups is 1. The largest absolute Gasteiger partial charge is 0.465 e. The Balaban J connectivity index is 1.54. The Hall–Kier alpha value is -4.31. The molecule has 2 aliphatic rings. The van der Waals surface area contributed by atoms with Crippen LogP contribution in [0.15, 0.2) is 54.6 Å². The summed E-state index contributed by atoms with van der Waals surface area (Å²) in [7, 11) is 0. The van der Waals surface area contributed by atoms with E-state index in [0.717, 1.165) is 39.9 Å². The van der Waals surface area contributed by atoms with Crippen molar-refractivity contribution in [2.75, 3.05) is 26.2 Å². The molecule has 0 bridgehead atoms. The fourth-order valence-electron chi connectivity index (χ4n) is 5.89. The van der Waals surface area contributed by atoms with Crippen molar-refractivity contribution < 1.29 is 38.1 Å². The number of carbonyl (C=O) groups excluding carboxylic acids is 2. The molecule has 3 N–H and O–H groups in total. The number of likely N-dealkylation sites (tertiary alicyclic amines) is 1. The van der Waals surface area contributed by atoms with Crippen LogP contribution in [0.3, 0.4) is 0 Å². The highest BCUT2D eigenvalue weighted by Crippen LogP contribution is 2.52. The van der Waals surface area contributed by atoms with Crippen LogP contribution in [0.25, 0.3) is 11.1 Å². The normalized spacial score (nSPS) is 19.9. The van der Waals surface area contributed by atoms with Gasteiger partial charge in [0.25, 0.3) is 0 Å². The molecule has 10 heteroatoms. The first-order valence-corrected chi connectivity index (χ1v) is 12.9. The topological polar surface area (TPSA) is 116 Å². The highest BCUT2D eigenvalue weighted by Gasteiger charge is 2.55. The molecule has 208 valence electrons. The van der Waals surface area contributed by atoms with Gasteiger partial charge in [-0.3, -0.25) is 4.79 Å². The third-order valence-corrected chi connectivity index (χ3v) is 7.83. The summed E-state index contributed by atoms with van der Waals surface area (Å²) in [5.41, 5.74) is 3.18. The monoisotopic (exact) mass is 550 g/mol. The number of nitrogens with zero attached hydrogens (tertiary/aromatic N) is 1. The van der Waals surface area contributed by atoms with Crippen molar-refractivity contribution in [1.29, 1.82) is 0 Å². The average Bonchev–Trinajstić information content (AvgIpc) is 3.19. The predicted octanol–water partition coefficient (Wildman–Crippen LogP) is 4.12. The van der Waals surface area contributed by atoms with Crippen molar-refractivity contribution in [3.8, 4) is 11.1 Å². The van der Waals surface area contributed by atoms with E-state index in [9.17, 15) is 28.3 Å². The number of amides is 2. The number of halogens is 2. The molecule has 8 nitrogen and oxygen atoms in total. The summed E-state index contributed by atoms with van der Waals surface area (Å²) in [4.78, 5) is 37.4. The summed E-state index contributed by atoms with van der Waals surface area (Å²) in [6.45, 7) is 1.72. The maximum Gasteiger partial charge on any atom is 0.407 e. The summed E-state index contributed by atoms with van der Waals surface area (Å²) in [6, 6.07) is 15.3. The molecule has 1 spiro atoms. The summed E-state index contributed by atoms with van der Waals surface area (Å²) in [6.07, 6.45) is -0.486. The van der Waals surface area contributed by atoms with E-state index in [2.05, 4.69) is 5.32 Å². The van der Waals surface area contributed by atoms with Gasteiger partial charge in [-0.2, -0.15) is 0 Å². The molecule has 2 aliphatic heterocycles. The molecule has 2 amide bonds. The molecule has 0 unspecified atom stereocenters. The number of aliphatic hydroxyl groups excluding tert-OH is 1. The quantitative estimate of drug-likeness (QED) is 0.398. The lowest BCUT2D eigenvalue weighted by atomic mass is 9.71. The van der Waals surface area contributed by atoms with Crippen LogP contribution in [-0.2, 0) is 21.6 Å². The van der Waals surface area contributed by atoms with Gasteiger partial charge in [-0.25, -0.2) is 18.4 Å². The maximum absolute atomic E-state index is 14.4. The van der Waals surface area contributed by atoms with Crippen molar-refractivity contribution >= 4 is 18.0 Å². The molecule has 3 aromatic rings. The summed E-state index contributed by atoms with van der Waals surface area (Å²) in [5, 5.41) is 21.3. The Bertz CT molecular complexity index is 1510. The minimum Gasteiger partial charge on any atom is -0.465 e. The molecule has 2 heterocycles. The zero-order valence-corrected chi connectivity index (χ0v) is 21.7. The first kappa shape index (κ1) is 27.3. The molecule has 0 aliphatic carbocycles. The van der Waals surface area contributed by atoms with Crippen molar-refractivity contribution in [2.24, 2.45) is 0 Å². The SMILES string of the molecule is Cc1cc(-c2ccccc2CCNC(=O)CO)ccc1[C@H]1CN(C(=O)O)CC[C@@]12OC(=O)c1cc(F)c(F)cc12. The number of piperidine rings is 1. The van der Waals surface area contributed by atoms with Crippen LogP contribution in [0.4, 0.5) is 13.6 Å². The number of aryl methyl sites for hydroxylation is 1. The lowest BCUT2D eigenvalue weighted by Crippen LogP contribution is -2.50. The van der Waals surface area contributed by atoms with Gasteiger partial charge in [-0.15, -0.1) is 0 Å². The van der Waals surface area contributed by atoms with Gasteiger partial charge in [0.1, 0.15) is 12.2 Å². The molecule has 2 atom stereocenters. The van der Waals surface area contributed by atoms with Crippen LogP contribution in [0.5, 0.6) is 0 Å². The van der Waals surface area contributed by atoms with Crippen LogP contribution in [0.2, 0.25) is 0 Å². The Kier molecular flexibility index (Phi) is 7.29. The average molecular weight is 551 g/mol. The number of rotatable bonds is 6.